The third-order valence-corrected chi connectivity index (χ3v) is 7.52. The molecule has 0 aliphatic carbocycles. The molecule has 1 heterocycles. The fourth-order valence-corrected chi connectivity index (χ4v) is 5.62. The van der Waals surface area contributed by atoms with E-state index in [1.165, 1.54) is 41.3 Å². The molecule has 1 atom stereocenters. The maximum absolute atomic E-state index is 13.7. The largest absolute Gasteiger partial charge is 0.491 e. The monoisotopic (exact) mass is 512 g/mol. The molecule has 1 fully saturated rings. The Hall–Kier alpha value is -3.43. The topological polar surface area (TPSA) is 84.9 Å². The minimum Gasteiger partial charge on any atom is -0.491 e. The van der Waals surface area contributed by atoms with E-state index in [-0.39, 0.29) is 30.7 Å². The number of nitrogens with one attached hydrogen (secondary N) is 1. The highest BCUT2D eigenvalue weighted by atomic mass is 32.2. The molecule has 1 saturated heterocycles. The summed E-state index contributed by atoms with van der Waals surface area (Å²) >= 11 is 0. The van der Waals surface area contributed by atoms with Gasteiger partial charge in [0, 0.05) is 13.1 Å². The molecule has 0 bridgehead atoms. The quantitative estimate of drug-likeness (QED) is 0.467. The Balaban J connectivity index is 1.55. The van der Waals surface area contributed by atoms with Crippen molar-refractivity contribution in [2.24, 2.45) is 0 Å². The molecule has 0 spiro atoms. The normalized spacial score (nSPS) is 17.8. The number of nitrogens with zero attached hydrogens (tertiary/aromatic N) is 1. The molecule has 3 aromatic carbocycles. The van der Waals surface area contributed by atoms with Gasteiger partial charge in [-0.15, -0.1) is 0 Å². The molecule has 1 unspecified atom stereocenters. The number of halogens is 1. The van der Waals surface area contributed by atoms with Crippen LogP contribution in [0, 0.1) is 5.82 Å². The summed E-state index contributed by atoms with van der Waals surface area (Å²) in [7, 11) is -3.99. The first-order valence-corrected chi connectivity index (χ1v) is 13.2. The number of benzene rings is 3. The van der Waals surface area contributed by atoms with Crippen LogP contribution < -0.4 is 9.46 Å². The maximum atomic E-state index is 13.7. The van der Waals surface area contributed by atoms with E-state index in [1.807, 2.05) is 44.2 Å². The van der Waals surface area contributed by atoms with E-state index in [2.05, 4.69) is 4.72 Å². The highest BCUT2D eigenvalue weighted by Crippen LogP contribution is 2.35. The number of carbonyl (C=O) groups is 1. The molecule has 4 rings (SSSR count). The van der Waals surface area contributed by atoms with Crippen molar-refractivity contribution in [2.75, 3.05) is 13.1 Å². The molecule has 190 valence electrons. The van der Waals surface area contributed by atoms with Crippen LogP contribution in [0.5, 0.6) is 5.75 Å². The molecule has 36 heavy (non-hydrogen) atoms. The highest BCUT2D eigenvalue weighted by molar-refractivity contribution is 7.89. The molecule has 0 saturated carbocycles. The van der Waals surface area contributed by atoms with E-state index in [0.29, 0.717) is 17.7 Å². The summed E-state index contributed by atoms with van der Waals surface area (Å²) < 4.78 is 54.3. The van der Waals surface area contributed by atoms with Gasteiger partial charge in [-0.05, 0) is 67.8 Å². The van der Waals surface area contributed by atoms with Crippen molar-refractivity contribution < 1.29 is 27.1 Å². The van der Waals surface area contributed by atoms with Crippen molar-refractivity contribution in [1.82, 2.24) is 9.62 Å². The van der Waals surface area contributed by atoms with E-state index in [1.54, 1.807) is 12.1 Å². The van der Waals surface area contributed by atoms with Gasteiger partial charge in [-0.1, -0.05) is 42.5 Å². The van der Waals surface area contributed by atoms with Gasteiger partial charge < -0.3 is 14.4 Å². The Kier molecular flexibility index (Phi) is 7.61. The molecule has 7 nitrogen and oxygen atoms in total. The average Bonchev–Trinajstić information content (AvgIpc) is 3.28. The van der Waals surface area contributed by atoms with Crippen LogP contribution in [0.3, 0.4) is 0 Å². The Labute approximate surface area is 210 Å². The van der Waals surface area contributed by atoms with Gasteiger partial charge in [0.25, 0.3) is 0 Å². The molecule has 0 aromatic heterocycles. The van der Waals surface area contributed by atoms with Crippen LogP contribution in [0.15, 0.2) is 83.8 Å². The average molecular weight is 513 g/mol. The highest BCUT2D eigenvalue weighted by Gasteiger charge is 2.45. The van der Waals surface area contributed by atoms with Crippen molar-refractivity contribution in [1.29, 1.82) is 0 Å². The van der Waals surface area contributed by atoms with Crippen LogP contribution >= 0.6 is 0 Å². The summed E-state index contributed by atoms with van der Waals surface area (Å²) in [6, 6.07) is 21.1. The van der Waals surface area contributed by atoms with E-state index in [0.717, 1.165) is 5.56 Å². The third-order valence-electron chi connectivity index (χ3n) is 5.96. The number of rotatable bonds is 8. The molecule has 3 aromatic rings. The summed E-state index contributed by atoms with van der Waals surface area (Å²) in [4.78, 5) is 14.3. The maximum Gasteiger partial charge on any atom is 0.410 e. The Morgan fingerprint density at radius 3 is 2.33 bits per heavy atom. The lowest BCUT2D eigenvalue weighted by atomic mass is 9.90. The lowest BCUT2D eigenvalue weighted by molar-refractivity contribution is 0.102. The second-order valence-corrected chi connectivity index (χ2v) is 10.7. The van der Waals surface area contributed by atoms with Crippen molar-refractivity contribution in [3.05, 3.63) is 95.8 Å². The second-order valence-electron chi connectivity index (χ2n) is 9.04. The van der Waals surface area contributed by atoms with Crippen LogP contribution in [-0.4, -0.2) is 38.6 Å². The summed E-state index contributed by atoms with van der Waals surface area (Å²) in [5.74, 6) is 0.125. The van der Waals surface area contributed by atoms with Gasteiger partial charge in [0.2, 0.25) is 10.0 Å². The first-order chi connectivity index (χ1) is 17.2. The van der Waals surface area contributed by atoms with Gasteiger partial charge in [0.05, 0.1) is 16.5 Å². The van der Waals surface area contributed by atoms with Crippen LogP contribution in [0.1, 0.15) is 31.4 Å². The Morgan fingerprint density at radius 1 is 1.03 bits per heavy atom. The van der Waals surface area contributed by atoms with E-state index >= 15 is 0 Å². The number of ether oxygens (including phenoxy) is 2. The van der Waals surface area contributed by atoms with E-state index < -0.39 is 27.5 Å². The molecule has 1 N–H and O–H groups in total. The van der Waals surface area contributed by atoms with Gasteiger partial charge in [-0.2, -0.15) is 4.72 Å². The number of hydrogen-bond acceptors (Lipinski definition) is 5. The smallest absolute Gasteiger partial charge is 0.410 e. The SMILES string of the molecule is CC(C)Oc1ccc(S(=O)(=O)NC2(c3ccc(F)cc3)CCN(C(=O)OCc3ccccc3)C2)cc1. The summed E-state index contributed by atoms with van der Waals surface area (Å²) in [5.41, 5.74) is 0.261. The predicted molar refractivity (Wildman–Crippen MR) is 133 cm³/mol. The first-order valence-electron chi connectivity index (χ1n) is 11.7. The van der Waals surface area contributed by atoms with Gasteiger partial charge >= 0.3 is 6.09 Å². The van der Waals surface area contributed by atoms with Crippen LogP contribution in [-0.2, 0) is 26.9 Å². The van der Waals surface area contributed by atoms with E-state index in [9.17, 15) is 17.6 Å². The van der Waals surface area contributed by atoms with Crippen LogP contribution in [0.25, 0.3) is 0 Å². The van der Waals surface area contributed by atoms with Gasteiger partial charge in [-0.3, -0.25) is 0 Å². The Morgan fingerprint density at radius 2 is 1.69 bits per heavy atom. The minimum atomic E-state index is -3.99. The van der Waals surface area contributed by atoms with Crippen molar-refractivity contribution >= 4 is 16.1 Å². The molecular weight excluding hydrogens is 483 g/mol. The van der Waals surface area contributed by atoms with Crippen LogP contribution in [0.2, 0.25) is 0 Å². The fraction of sp³-hybridized carbons (Fsp3) is 0.296. The lowest BCUT2D eigenvalue weighted by Gasteiger charge is -2.31. The van der Waals surface area contributed by atoms with Crippen molar-refractivity contribution in [3.63, 3.8) is 0 Å². The zero-order chi connectivity index (χ0) is 25.8. The molecule has 1 aliphatic rings. The fourth-order valence-electron chi connectivity index (χ4n) is 4.21. The molecule has 1 aliphatic heterocycles. The lowest BCUT2D eigenvalue weighted by Crippen LogP contribution is -2.48. The molecular formula is C27H29FN2O5S. The zero-order valence-corrected chi connectivity index (χ0v) is 21.0. The molecule has 1 amide bonds. The molecule has 9 heteroatoms. The number of hydrogen-bond donors (Lipinski definition) is 1. The standard InChI is InChI=1S/C27H29FN2O5S/c1-20(2)35-24-12-14-25(15-13-24)36(32,33)29-27(22-8-10-23(28)11-9-22)16-17-30(19-27)26(31)34-18-21-6-4-3-5-7-21/h3-15,20,29H,16-19H2,1-2H3. The number of likely N-dealkylation sites (tertiary alicyclic amines) is 1. The summed E-state index contributed by atoms with van der Waals surface area (Å²) in [6.07, 6.45) is -0.289. The van der Waals surface area contributed by atoms with Crippen LogP contribution in [0.4, 0.5) is 9.18 Å². The van der Waals surface area contributed by atoms with Gasteiger partial charge in [0.15, 0.2) is 0 Å². The second kappa shape index (κ2) is 10.7. The summed E-state index contributed by atoms with van der Waals surface area (Å²) in [5, 5.41) is 0. The first kappa shape index (κ1) is 25.7. The molecule has 0 radical (unpaired) electrons. The van der Waals surface area contributed by atoms with Crippen molar-refractivity contribution in [3.8, 4) is 5.75 Å². The number of sulfonamides is 1. The zero-order valence-electron chi connectivity index (χ0n) is 20.2. The Bertz CT molecular complexity index is 1280. The van der Waals surface area contributed by atoms with Gasteiger partial charge in [-0.25, -0.2) is 17.6 Å². The number of amides is 1. The number of carbonyl (C=O) groups excluding carboxylic acids is 1. The third kappa shape index (κ3) is 6.03. The van der Waals surface area contributed by atoms with Crippen molar-refractivity contribution in [2.45, 2.75) is 43.4 Å². The predicted octanol–water partition coefficient (Wildman–Crippen LogP) is 4.83. The summed E-state index contributed by atoms with van der Waals surface area (Å²) in [6.45, 7) is 4.19. The van der Waals surface area contributed by atoms with E-state index in [4.69, 9.17) is 9.47 Å². The van der Waals surface area contributed by atoms with Gasteiger partial charge in [0.1, 0.15) is 18.2 Å². The minimum absolute atomic E-state index is 0.0417.